The summed E-state index contributed by atoms with van der Waals surface area (Å²) >= 11 is 0. The average Bonchev–Trinajstić information content (AvgIpc) is 3.26. The first-order chi connectivity index (χ1) is 8.76. The van der Waals surface area contributed by atoms with Crippen LogP contribution in [0.15, 0.2) is 0 Å². The normalized spacial score (nSPS) is 20.7. The van der Waals surface area contributed by atoms with E-state index in [0.29, 0.717) is 6.42 Å². The van der Waals surface area contributed by atoms with Crippen molar-refractivity contribution in [3.8, 4) is 6.07 Å². The highest BCUT2D eigenvalue weighted by atomic mass is 16.3. The molecule has 2 fully saturated rings. The van der Waals surface area contributed by atoms with E-state index in [1.54, 1.807) is 0 Å². The first-order valence-corrected chi connectivity index (χ1v) is 6.65. The third-order valence-electron chi connectivity index (χ3n) is 4.12. The number of aliphatic hydroxyl groups is 1. The molecule has 18 heavy (non-hydrogen) atoms. The Hall–Kier alpha value is -1.41. The fraction of sp³-hybridized carbons (Fsp3) is 0.769. The predicted molar refractivity (Wildman–Crippen MR) is 64.5 cm³/mol. The Kier molecular flexibility index (Phi) is 2.83. The summed E-state index contributed by atoms with van der Waals surface area (Å²) in [6, 6.07) is 2.16. The van der Waals surface area contributed by atoms with E-state index >= 15 is 0 Å². The largest absolute Gasteiger partial charge is 0.396 e. The van der Waals surface area contributed by atoms with E-state index in [0.717, 1.165) is 43.1 Å². The number of aromatic nitrogens is 3. The molecule has 2 saturated carbocycles. The first-order valence-electron chi connectivity index (χ1n) is 6.65. The molecule has 3 rings (SSSR count). The van der Waals surface area contributed by atoms with Crippen molar-refractivity contribution < 1.29 is 5.11 Å². The Morgan fingerprint density at radius 2 is 2.22 bits per heavy atom. The summed E-state index contributed by atoms with van der Waals surface area (Å²) in [6.07, 6.45) is 6.03. The van der Waals surface area contributed by atoms with Gasteiger partial charge in [0.2, 0.25) is 0 Å². The quantitative estimate of drug-likeness (QED) is 0.814. The van der Waals surface area contributed by atoms with E-state index in [2.05, 4.69) is 16.4 Å². The Labute approximate surface area is 106 Å². The fourth-order valence-electron chi connectivity index (χ4n) is 2.39. The summed E-state index contributed by atoms with van der Waals surface area (Å²) in [7, 11) is 0. The number of hydrogen-bond donors (Lipinski definition) is 1. The highest BCUT2D eigenvalue weighted by Gasteiger charge is 2.43. The van der Waals surface area contributed by atoms with Crippen molar-refractivity contribution in [2.24, 2.45) is 11.3 Å². The number of aliphatic hydroxyl groups excluding tert-OH is 1. The molecule has 0 amide bonds. The van der Waals surface area contributed by atoms with Gasteiger partial charge in [-0.15, -0.1) is 5.10 Å². The van der Waals surface area contributed by atoms with Crippen LogP contribution in [0.3, 0.4) is 0 Å². The summed E-state index contributed by atoms with van der Waals surface area (Å²) in [5, 5.41) is 26.6. The minimum absolute atomic E-state index is 0.0376. The predicted octanol–water partition coefficient (Wildman–Crippen LogP) is 1.07. The van der Waals surface area contributed by atoms with Crippen LogP contribution in [-0.2, 0) is 19.4 Å². The molecular formula is C13H18N4O. The zero-order valence-corrected chi connectivity index (χ0v) is 10.5. The zero-order chi connectivity index (χ0) is 12.6. The molecule has 5 heteroatoms. The second-order valence-electron chi connectivity index (χ2n) is 5.78. The standard InChI is InChI=1S/C13H18N4O/c14-6-3-11-12(7-10-1-2-10)17(16-15-11)8-13(9-18)4-5-13/h10,18H,1-5,7-9H2. The summed E-state index contributed by atoms with van der Waals surface area (Å²) < 4.78 is 1.94. The summed E-state index contributed by atoms with van der Waals surface area (Å²) in [5.74, 6) is 0.754. The van der Waals surface area contributed by atoms with E-state index < -0.39 is 0 Å². The van der Waals surface area contributed by atoms with Gasteiger partial charge in [-0.25, -0.2) is 4.68 Å². The Morgan fingerprint density at radius 1 is 1.44 bits per heavy atom. The fourth-order valence-corrected chi connectivity index (χ4v) is 2.39. The monoisotopic (exact) mass is 246 g/mol. The van der Waals surface area contributed by atoms with Crippen LogP contribution in [-0.4, -0.2) is 26.7 Å². The lowest BCUT2D eigenvalue weighted by atomic mass is 10.1. The van der Waals surface area contributed by atoms with Gasteiger partial charge >= 0.3 is 0 Å². The highest BCUT2D eigenvalue weighted by Crippen LogP contribution is 2.46. The molecule has 0 atom stereocenters. The smallest absolute Gasteiger partial charge is 0.0999 e. The lowest BCUT2D eigenvalue weighted by molar-refractivity contribution is 0.188. The molecule has 0 bridgehead atoms. The molecular weight excluding hydrogens is 228 g/mol. The van der Waals surface area contributed by atoms with Crippen molar-refractivity contribution >= 4 is 0 Å². The third kappa shape index (κ3) is 2.25. The van der Waals surface area contributed by atoms with Crippen LogP contribution in [0, 0.1) is 22.7 Å². The van der Waals surface area contributed by atoms with Crippen LogP contribution in [0.2, 0.25) is 0 Å². The second-order valence-corrected chi connectivity index (χ2v) is 5.78. The summed E-state index contributed by atoms with van der Waals surface area (Å²) in [6.45, 7) is 0.979. The van der Waals surface area contributed by atoms with Crippen molar-refractivity contribution in [2.45, 2.75) is 45.1 Å². The van der Waals surface area contributed by atoms with E-state index in [1.807, 2.05) is 4.68 Å². The Morgan fingerprint density at radius 3 is 2.78 bits per heavy atom. The molecule has 5 nitrogen and oxygen atoms in total. The maximum absolute atomic E-state index is 9.40. The van der Waals surface area contributed by atoms with Crippen LogP contribution >= 0.6 is 0 Å². The number of nitrogens with zero attached hydrogens (tertiary/aromatic N) is 4. The van der Waals surface area contributed by atoms with Crippen LogP contribution in [0.5, 0.6) is 0 Å². The van der Waals surface area contributed by atoms with Crippen LogP contribution in [0.4, 0.5) is 0 Å². The molecule has 0 spiro atoms. The van der Waals surface area contributed by atoms with Crippen LogP contribution in [0.1, 0.15) is 37.1 Å². The lowest BCUT2D eigenvalue weighted by Gasteiger charge is -2.13. The van der Waals surface area contributed by atoms with Gasteiger partial charge in [-0.1, -0.05) is 5.21 Å². The Balaban J connectivity index is 1.81. The van der Waals surface area contributed by atoms with Gasteiger partial charge < -0.3 is 5.11 Å². The van der Waals surface area contributed by atoms with Gasteiger partial charge in [-0.2, -0.15) is 5.26 Å². The van der Waals surface area contributed by atoms with Gasteiger partial charge in [0.05, 0.1) is 37.0 Å². The SMILES string of the molecule is N#CCc1nnn(CC2(CO)CC2)c1CC1CC1. The number of nitriles is 1. The van der Waals surface area contributed by atoms with E-state index in [9.17, 15) is 5.11 Å². The third-order valence-corrected chi connectivity index (χ3v) is 4.12. The summed E-state index contributed by atoms with van der Waals surface area (Å²) in [4.78, 5) is 0. The molecule has 96 valence electrons. The van der Waals surface area contributed by atoms with Crippen molar-refractivity contribution in [1.29, 1.82) is 5.26 Å². The number of hydrogen-bond acceptors (Lipinski definition) is 4. The van der Waals surface area contributed by atoms with Gasteiger partial charge in [-0.3, -0.25) is 0 Å². The molecule has 2 aliphatic rings. The van der Waals surface area contributed by atoms with E-state index in [1.165, 1.54) is 12.8 Å². The zero-order valence-electron chi connectivity index (χ0n) is 10.5. The molecule has 1 heterocycles. The minimum Gasteiger partial charge on any atom is -0.396 e. The van der Waals surface area contributed by atoms with E-state index in [4.69, 9.17) is 5.26 Å². The number of rotatable bonds is 6. The van der Waals surface area contributed by atoms with Crippen molar-refractivity contribution in [3.63, 3.8) is 0 Å². The lowest BCUT2D eigenvalue weighted by Crippen LogP contribution is -2.19. The highest BCUT2D eigenvalue weighted by molar-refractivity contribution is 5.16. The minimum atomic E-state index is 0.0376. The first kappa shape index (κ1) is 11.7. The maximum atomic E-state index is 9.40. The maximum Gasteiger partial charge on any atom is 0.0999 e. The second kappa shape index (κ2) is 4.36. The molecule has 0 radical (unpaired) electrons. The van der Waals surface area contributed by atoms with Crippen molar-refractivity contribution in [3.05, 3.63) is 11.4 Å². The van der Waals surface area contributed by atoms with Gasteiger partial charge in [-0.05, 0) is 38.0 Å². The van der Waals surface area contributed by atoms with Gasteiger partial charge in [0.1, 0.15) is 0 Å². The molecule has 1 aromatic rings. The molecule has 1 N–H and O–H groups in total. The van der Waals surface area contributed by atoms with E-state index in [-0.39, 0.29) is 12.0 Å². The molecule has 0 aromatic carbocycles. The topological polar surface area (TPSA) is 74.7 Å². The molecule has 0 aliphatic heterocycles. The van der Waals surface area contributed by atoms with Gasteiger partial charge in [0.15, 0.2) is 0 Å². The molecule has 2 aliphatic carbocycles. The summed E-state index contributed by atoms with van der Waals surface area (Å²) in [5.41, 5.74) is 1.99. The van der Waals surface area contributed by atoms with Crippen molar-refractivity contribution in [2.75, 3.05) is 6.61 Å². The van der Waals surface area contributed by atoms with Gasteiger partial charge in [0.25, 0.3) is 0 Å². The van der Waals surface area contributed by atoms with Gasteiger partial charge in [0, 0.05) is 5.41 Å². The van der Waals surface area contributed by atoms with Crippen LogP contribution < -0.4 is 0 Å². The molecule has 1 aromatic heterocycles. The molecule has 0 unspecified atom stereocenters. The van der Waals surface area contributed by atoms with Crippen molar-refractivity contribution in [1.82, 2.24) is 15.0 Å². The van der Waals surface area contributed by atoms with Crippen LogP contribution in [0.25, 0.3) is 0 Å². The molecule has 0 saturated heterocycles. The average molecular weight is 246 g/mol. The Bertz CT molecular complexity index is 480.